The lowest BCUT2D eigenvalue weighted by Gasteiger charge is -2.37. The molecule has 1 fully saturated rings. The number of carbonyl (C=O) groups is 1. The molecular formula is C24H25N5O2. The largest absolute Gasteiger partial charge is 0.372 e. The van der Waals surface area contributed by atoms with Crippen molar-refractivity contribution < 1.29 is 9.53 Å². The van der Waals surface area contributed by atoms with Crippen molar-refractivity contribution in [1.29, 1.82) is 5.26 Å². The van der Waals surface area contributed by atoms with Gasteiger partial charge in [-0.15, -0.1) is 0 Å². The fraction of sp³-hybridized carbons (Fsp3) is 0.333. The maximum atomic E-state index is 13.0. The lowest BCUT2D eigenvalue weighted by molar-refractivity contribution is -0.121. The summed E-state index contributed by atoms with van der Waals surface area (Å²) < 4.78 is 5.85. The average Bonchev–Trinajstić information content (AvgIpc) is 2.78. The van der Waals surface area contributed by atoms with Gasteiger partial charge in [-0.2, -0.15) is 5.26 Å². The minimum atomic E-state index is -1.07. The zero-order valence-corrected chi connectivity index (χ0v) is 17.7. The first-order valence-electron chi connectivity index (χ1n) is 10.4. The van der Waals surface area contributed by atoms with Gasteiger partial charge in [0.15, 0.2) is 11.7 Å². The van der Waals surface area contributed by atoms with Crippen LogP contribution in [0.2, 0.25) is 0 Å². The van der Waals surface area contributed by atoms with Crippen LogP contribution < -0.4 is 10.2 Å². The first-order chi connectivity index (χ1) is 15.0. The fourth-order valence-electron chi connectivity index (χ4n) is 3.91. The molecule has 0 spiro atoms. The van der Waals surface area contributed by atoms with Crippen LogP contribution in [0, 0.1) is 11.3 Å². The number of nitrogens with one attached hydrogen (secondary N) is 1. The van der Waals surface area contributed by atoms with Crippen LogP contribution in [0.25, 0.3) is 11.0 Å². The number of carbonyl (C=O) groups excluding carboxylic acids is 1. The summed E-state index contributed by atoms with van der Waals surface area (Å²) in [7, 11) is 0. The number of nitrogens with zero attached hydrogens (tertiary/aromatic N) is 4. The summed E-state index contributed by atoms with van der Waals surface area (Å²) in [6.45, 7) is 5.60. The van der Waals surface area contributed by atoms with Gasteiger partial charge in [0.1, 0.15) is 5.69 Å². The van der Waals surface area contributed by atoms with Crippen molar-refractivity contribution in [2.75, 3.05) is 18.0 Å². The van der Waals surface area contributed by atoms with Crippen molar-refractivity contribution in [3.05, 3.63) is 65.9 Å². The molecule has 1 N–H and O–H groups in total. The first-order valence-corrected chi connectivity index (χ1v) is 10.4. The molecule has 7 nitrogen and oxygen atoms in total. The molecule has 0 aliphatic carbocycles. The molecule has 0 unspecified atom stereocenters. The van der Waals surface area contributed by atoms with E-state index in [9.17, 15) is 10.1 Å². The summed E-state index contributed by atoms with van der Waals surface area (Å²) >= 11 is 0. The number of para-hydroxylation sites is 2. The predicted molar refractivity (Wildman–Crippen MR) is 118 cm³/mol. The Morgan fingerprint density at radius 2 is 1.71 bits per heavy atom. The van der Waals surface area contributed by atoms with Gasteiger partial charge in [-0.05, 0) is 31.5 Å². The Morgan fingerprint density at radius 3 is 2.35 bits per heavy atom. The van der Waals surface area contributed by atoms with E-state index >= 15 is 0 Å². The molecule has 1 saturated heterocycles. The Bertz CT molecular complexity index is 1100. The van der Waals surface area contributed by atoms with Crippen molar-refractivity contribution in [3.8, 4) is 6.07 Å². The lowest BCUT2D eigenvalue weighted by Crippen LogP contribution is -2.46. The standard InChI is InChI=1S/C24H25N5O2/c1-16-14-29(15-17(2)31-16)23-22(27-20-10-6-7-11-21(20)28-23)19(12-25)24(30)26-13-18-8-4-3-5-9-18/h3-11,16-17,19H,13-15H2,1-2H3,(H,26,30)/t16-,17+,19-/m1/s1. The van der Waals surface area contributed by atoms with Crippen LogP contribution >= 0.6 is 0 Å². The van der Waals surface area contributed by atoms with E-state index in [-0.39, 0.29) is 18.1 Å². The van der Waals surface area contributed by atoms with Crippen molar-refractivity contribution >= 4 is 22.8 Å². The zero-order chi connectivity index (χ0) is 21.8. The smallest absolute Gasteiger partial charge is 0.243 e. The summed E-state index contributed by atoms with van der Waals surface area (Å²) in [6.07, 6.45) is 0.0228. The van der Waals surface area contributed by atoms with Crippen LogP contribution in [0.3, 0.4) is 0 Å². The molecule has 0 radical (unpaired) electrons. The number of hydrogen-bond acceptors (Lipinski definition) is 6. The number of benzene rings is 2. The molecule has 4 rings (SSSR count). The zero-order valence-electron chi connectivity index (χ0n) is 17.7. The van der Waals surface area contributed by atoms with Crippen molar-refractivity contribution in [2.45, 2.75) is 38.5 Å². The highest BCUT2D eigenvalue weighted by Crippen LogP contribution is 2.29. The van der Waals surface area contributed by atoms with Crippen LogP contribution in [0.1, 0.15) is 31.0 Å². The number of hydrogen-bond donors (Lipinski definition) is 1. The molecule has 158 valence electrons. The van der Waals surface area contributed by atoms with Gasteiger partial charge in [0, 0.05) is 19.6 Å². The van der Waals surface area contributed by atoms with Crippen LogP contribution in [0.15, 0.2) is 54.6 Å². The maximum absolute atomic E-state index is 13.0. The third-order valence-electron chi connectivity index (χ3n) is 5.27. The van der Waals surface area contributed by atoms with Gasteiger partial charge in [0.2, 0.25) is 5.91 Å². The average molecular weight is 415 g/mol. The number of rotatable bonds is 5. The monoisotopic (exact) mass is 415 g/mol. The molecule has 7 heteroatoms. The molecule has 3 atom stereocenters. The SMILES string of the molecule is C[C@@H]1CN(c2nc3ccccc3nc2[C@@H](C#N)C(=O)NCc2ccccc2)C[C@H](C)O1. The maximum Gasteiger partial charge on any atom is 0.243 e. The van der Waals surface area contributed by atoms with Gasteiger partial charge in [-0.25, -0.2) is 9.97 Å². The first kappa shape index (κ1) is 20.8. The lowest BCUT2D eigenvalue weighted by atomic mass is 10.0. The van der Waals surface area contributed by atoms with E-state index in [2.05, 4.69) is 16.3 Å². The Hall–Kier alpha value is -3.50. The highest BCUT2D eigenvalue weighted by Gasteiger charge is 2.31. The molecule has 0 saturated carbocycles. The number of fused-ring (bicyclic) bond motifs is 1. The van der Waals surface area contributed by atoms with Gasteiger partial charge in [0.05, 0.1) is 29.3 Å². The van der Waals surface area contributed by atoms with Crippen LogP contribution in [-0.4, -0.2) is 41.2 Å². The molecule has 2 aromatic carbocycles. The van der Waals surface area contributed by atoms with E-state index in [0.717, 1.165) is 11.1 Å². The van der Waals surface area contributed by atoms with E-state index < -0.39 is 5.92 Å². The van der Waals surface area contributed by atoms with Gasteiger partial charge in [-0.3, -0.25) is 4.79 Å². The molecule has 1 amide bonds. The van der Waals surface area contributed by atoms with Crippen LogP contribution in [0.5, 0.6) is 0 Å². The number of amides is 1. The second-order valence-electron chi connectivity index (χ2n) is 7.85. The van der Waals surface area contributed by atoms with E-state index in [1.54, 1.807) is 0 Å². The van der Waals surface area contributed by atoms with Gasteiger partial charge >= 0.3 is 0 Å². The highest BCUT2D eigenvalue weighted by atomic mass is 16.5. The van der Waals surface area contributed by atoms with Gasteiger partial charge in [0.25, 0.3) is 0 Å². The second kappa shape index (κ2) is 9.11. The minimum Gasteiger partial charge on any atom is -0.372 e. The Balaban J connectivity index is 1.69. The molecule has 0 bridgehead atoms. The topological polar surface area (TPSA) is 91.1 Å². The number of ether oxygens (including phenoxy) is 1. The Morgan fingerprint density at radius 1 is 1.10 bits per heavy atom. The number of morpholine rings is 1. The third kappa shape index (κ3) is 4.65. The Labute approximate surface area is 181 Å². The minimum absolute atomic E-state index is 0.0114. The highest BCUT2D eigenvalue weighted by molar-refractivity contribution is 5.88. The fourth-order valence-corrected chi connectivity index (χ4v) is 3.91. The molecule has 2 heterocycles. The molecule has 31 heavy (non-hydrogen) atoms. The summed E-state index contributed by atoms with van der Waals surface area (Å²) in [6, 6.07) is 19.3. The van der Waals surface area contributed by atoms with Gasteiger partial charge in [-0.1, -0.05) is 42.5 Å². The summed E-state index contributed by atoms with van der Waals surface area (Å²) in [5.74, 6) is -0.877. The number of nitriles is 1. The van der Waals surface area contributed by atoms with E-state index in [1.165, 1.54) is 0 Å². The van der Waals surface area contributed by atoms with Crippen molar-refractivity contribution in [3.63, 3.8) is 0 Å². The summed E-state index contributed by atoms with van der Waals surface area (Å²) in [5.41, 5.74) is 2.74. The second-order valence-corrected chi connectivity index (χ2v) is 7.85. The molecule has 3 aromatic rings. The summed E-state index contributed by atoms with van der Waals surface area (Å²) in [4.78, 5) is 24.6. The van der Waals surface area contributed by atoms with Crippen LogP contribution in [-0.2, 0) is 16.1 Å². The van der Waals surface area contributed by atoms with Crippen LogP contribution in [0.4, 0.5) is 5.82 Å². The quantitative estimate of drug-likeness (QED) is 0.688. The number of anilines is 1. The molecular weight excluding hydrogens is 390 g/mol. The van der Waals surface area contributed by atoms with E-state index in [4.69, 9.17) is 14.7 Å². The summed E-state index contributed by atoms with van der Waals surface area (Å²) in [5, 5.41) is 12.8. The third-order valence-corrected chi connectivity index (χ3v) is 5.27. The molecule has 1 aliphatic heterocycles. The predicted octanol–water partition coefficient (Wildman–Crippen LogP) is 3.17. The van der Waals surface area contributed by atoms with Gasteiger partial charge < -0.3 is 15.0 Å². The van der Waals surface area contributed by atoms with Crippen molar-refractivity contribution in [1.82, 2.24) is 15.3 Å². The molecule has 1 aromatic heterocycles. The Kier molecular flexibility index (Phi) is 6.10. The molecule has 1 aliphatic rings. The van der Waals surface area contributed by atoms with Crippen molar-refractivity contribution in [2.24, 2.45) is 0 Å². The number of aromatic nitrogens is 2. The van der Waals surface area contributed by atoms with E-state index in [1.807, 2.05) is 68.4 Å². The van der Waals surface area contributed by atoms with E-state index in [0.29, 0.717) is 36.7 Å². The normalized spacial score (nSPS) is 19.6.